The standard InChI is InChI=1S/C22H27Cl2N3O4S/c1-5-20(22(29)25-3)26(13-16-9-7-6-8-15(16)2)21(28)14-27(32(4,30)31)17-10-11-18(23)19(24)12-17/h6-12,20H,5,13-14H2,1-4H3,(H,25,29)/t20-/m1/s1. The summed E-state index contributed by atoms with van der Waals surface area (Å²) in [6.45, 7) is 3.38. The Balaban J connectivity index is 2.46. The molecule has 174 valence electrons. The monoisotopic (exact) mass is 499 g/mol. The van der Waals surface area contributed by atoms with Crippen molar-refractivity contribution in [3.8, 4) is 0 Å². The van der Waals surface area contributed by atoms with Gasteiger partial charge in [-0.05, 0) is 42.7 Å². The van der Waals surface area contributed by atoms with Crippen LogP contribution in [-0.4, -0.2) is 51.0 Å². The second-order valence-electron chi connectivity index (χ2n) is 7.35. The maximum atomic E-state index is 13.4. The molecule has 7 nitrogen and oxygen atoms in total. The fourth-order valence-electron chi connectivity index (χ4n) is 3.31. The van der Waals surface area contributed by atoms with Gasteiger partial charge in [0.2, 0.25) is 21.8 Å². The summed E-state index contributed by atoms with van der Waals surface area (Å²) in [5.41, 5.74) is 2.03. The Labute approximate surface area is 199 Å². The number of carbonyl (C=O) groups excluding carboxylic acids is 2. The number of halogens is 2. The van der Waals surface area contributed by atoms with E-state index in [1.54, 1.807) is 6.92 Å². The maximum absolute atomic E-state index is 13.4. The highest BCUT2D eigenvalue weighted by molar-refractivity contribution is 7.92. The molecule has 2 aromatic rings. The lowest BCUT2D eigenvalue weighted by molar-refractivity contribution is -0.140. The molecule has 0 aromatic heterocycles. The number of carbonyl (C=O) groups is 2. The summed E-state index contributed by atoms with van der Waals surface area (Å²) >= 11 is 12.0. The van der Waals surface area contributed by atoms with E-state index < -0.39 is 28.5 Å². The van der Waals surface area contributed by atoms with Gasteiger partial charge in [0.1, 0.15) is 12.6 Å². The zero-order chi connectivity index (χ0) is 24.1. The topological polar surface area (TPSA) is 86.8 Å². The number of sulfonamides is 1. The molecule has 0 saturated heterocycles. The van der Waals surface area contributed by atoms with Crippen LogP contribution < -0.4 is 9.62 Å². The predicted molar refractivity (Wildman–Crippen MR) is 129 cm³/mol. The van der Waals surface area contributed by atoms with E-state index >= 15 is 0 Å². The second kappa shape index (κ2) is 11.0. The number of nitrogens with zero attached hydrogens (tertiary/aromatic N) is 2. The van der Waals surface area contributed by atoms with Crippen LogP contribution in [0.2, 0.25) is 10.0 Å². The van der Waals surface area contributed by atoms with Gasteiger partial charge in [-0.1, -0.05) is 54.4 Å². The van der Waals surface area contributed by atoms with Crippen LogP contribution in [0.25, 0.3) is 0 Å². The molecule has 0 radical (unpaired) electrons. The van der Waals surface area contributed by atoms with Crippen molar-refractivity contribution in [2.75, 3.05) is 24.2 Å². The lowest BCUT2D eigenvalue weighted by Crippen LogP contribution is -2.51. The first kappa shape index (κ1) is 26.0. The molecule has 0 aliphatic heterocycles. The molecule has 2 rings (SSSR count). The van der Waals surface area contributed by atoms with E-state index in [1.165, 1.54) is 30.1 Å². The van der Waals surface area contributed by atoms with Crippen molar-refractivity contribution in [3.63, 3.8) is 0 Å². The van der Waals surface area contributed by atoms with Gasteiger partial charge < -0.3 is 10.2 Å². The summed E-state index contributed by atoms with van der Waals surface area (Å²) in [4.78, 5) is 27.4. The molecular formula is C22H27Cl2N3O4S. The van der Waals surface area contributed by atoms with Crippen LogP contribution in [-0.2, 0) is 26.2 Å². The Morgan fingerprint density at radius 2 is 1.75 bits per heavy atom. The highest BCUT2D eigenvalue weighted by atomic mass is 35.5. The molecule has 0 heterocycles. The highest BCUT2D eigenvalue weighted by Crippen LogP contribution is 2.28. The second-order valence-corrected chi connectivity index (χ2v) is 10.1. The fourth-order valence-corrected chi connectivity index (χ4v) is 4.44. The Hall–Kier alpha value is -2.29. The van der Waals surface area contributed by atoms with Gasteiger partial charge in [-0.15, -0.1) is 0 Å². The molecule has 32 heavy (non-hydrogen) atoms. The summed E-state index contributed by atoms with van der Waals surface area (Å²) in [6.07, 6.45) is 1.37. The van der Waals surface area contributed by atoms with E-state index in [1.807, 2.05) is 31.2 Å². The Morgan fingerprint density at radius 1 is 1.09 bits per heavy atom. The molecule has 0 saturated carbocycles. The minimum absolute atomic E-state index is 0.163. The quantitative estimate of drug-likeness (QED) is 0.570. The number of hydrogen-bond acceptors (Lipinski definition) is 4. The number of nitrogens with one attached hydrogen (secondary N) is 1. The van der Waals surface area contributed by atoms with Gasteiger partial charge in [-0.25, -0.2) is 8.42 Å². The lowest BCUT2D eigenvalue weighted by Gasteiger charge is -2.33. The summed E-state index contributed by atoms with van der Waals surface area (Å²) in [6, 6.07) is 11.1. The van der Waals surface area contributed by atoms with E-state index in [9.17, 15) is 18.0 Å². The van der Waals surface area contributed by atoms with Crippen LogP contribution in [0.15, 0.2) is 42.5 Å². The lowest BCUT2D eigenvalue weighted by atomic mass is 10.1. The van der Waals surface area contributed by atoms with Gasteiger partial charge in [0.05, 0.1) is 22.0 Å². The molecule has 2 amide bonds. The third-order valence-electron chi connectivity index (χ3n) is 5.10. The molecule has 2 aromatic carbocycles. The summed E-state index contributed by atoms with van der Waals surface area (Å²) in [7, 11) is -2.33. The third-order valence-corrected chi connectivity index (χ3v) is 6.98. The minimum atomic E-state index is -3.83. The molecule has 1 atom stereocenters. The van der Waals surface area contributed by atoms with Crippen LogP contribution in [0.4, 0.5) is 5.69 Å². The first-order valence-corrected chi connectivity index (χ1v) is 12.6. The largest absolute Gasteiger partial charge is 0.357 e. The molecule has 0 aliphatic rings. The number of amides is 2. The predicted octanol–water partition coefficient (Wildman–Crippen LogP) is 3.62. The van der Waals surface area contributed by atoms with Gasteiger partial charge in [0, 0.05) is 13.6 Å². The first-order chi connectivity index (χ1) is 15.0. The van der Waals surface area contributed by atoms with Crippen LogP contribution in [0.3, 0.4) is 0 Å². The minimum Gasteiger partial charge on any atom is -0.357 e. The van der Waals surface area contributed by atoms with Crippen molar-refractivity contribution in [3.05, 3.63) is 63.6 Å². The number of benzene rings is 2. The molecule has 1 N–H and O–H groups in total. The van der Waals surface area contributed by atoms with Gasteiger partial charge >= 0.3 is 0 Å². The van der Waals surface area contributed by atoms with Crippen molar-refractivity contribution >= 4 is 50.7 Å². The van der Waals surface area contributed by atoms with Crippen molar-refractivity contribution in [2.45, 2.75) is 32.9 Å². The van der Waals surface area contributed by atoms with Gasteiger partial charge in [-0.2, -0.15) is 0 Å². The van der Waals surface area contributed by atoms with Crippen LogP contribution in [0.5, 0.6) is 0 Å². The third kappa shape index (κ3) is 6.37. The smallest absolute Gasteiger partial charge is 0.244 e. The van der Waals surface area contributed by atoms with Crippen LogP contribution in [0, 0.1) is 6.92 Å². The number of rotatable bonds is 9. The molecule has 0 spiro atoms. The summed E-state index contributed by atoms with van der Waals surface area (Å²) in [5, 5.41) is 3.02. The zero-order valence-electron chi connectivity index (χ0n) is 18.4. The van der Waals surface area contributed by atoms with Gasteiger partial charge in [0.25, 0.3) is 0 Å². The van der Waals surface area contributed by atoms with E-state index in [2.05, 4.69) is 5.32 Å². The van der Waals surface area contributed by atoms with Crippen LogP contribution >= 0.6 is 23.2 Å². The number of likely N-dealkylation sites (N-methyl/N-ethyl adjacent to an activating group) is 1. The fraction of sp³-hybridized carbons (Fsp3) is 0.364. The molecule has 0 fully saturated rings. The Morgan fingerprint density at radius 3 is 2.28 bits per heavy atom. The summed E-state index contributed by atoms with van der Waals surface area (Å²) in [5.74, 6) is -0.838. The Kier molecular flexibility index (Phi) is 8.95. The normalized spacial score (nSPS) is 12.2. The van der Waals surface area contributed by atoms with Crippen LogP contribution in [0.1, 0.15) is 24.5 Å². The average molecular weight is 500 g/mol. The highest BCUT2D eigenvalue weighted by Gasteiger charge is 2.31. The van der Waals surface area contributed by atoms with Gasteiger partial charge in [-0.3, -0.25) is 13.9 Å². The molecule has 10 heteroatoms. The van der Waals surface area contributed by atoms with Gasteiger partial charge in [0.15, 0.2) is 0 Å². The van der Waals surface area contributed by atoms with Crippen molar-refractivity contribution in [2.24, 2.45) is 0 Å². The zero-order valence-corrected chi connectivity index (χ0v) is 20.8. The maximum Gasteiger partial charge on any atom is 0.244 e. The average Bonchev–Trinajstić information content (AvgIpc) is 2.74. The van der Waals surface area contributed by atoms with Crippen molar-refractivity contribution in [1.82, 2.24) is 10.2 Å². The number of anilines is 1. The number of hydrogen-bond donors (Lipinski definition) is 1. The number of aryl methyl sites for hydroxylation is 1. The SMILES string of the molecule is CC[C@H](C(=O)NC)N(Cc1ccccc1C)C(=O)CN(c1ccc(Cl)c(Cl)c1)S(C)(=O)=O. The van der Waals surface area contributed by atoms with E-state index in [-0.39, 0.29) is 28.2 Å². The van der Waals surface area contributed by atoms with E-state index in [0.717, 1.165) is 21.7 Å². The first-order valence-electron chi connectivity index (χ1n) is 9.97. The van der Waals surface area contributed by atoms with E-state index in [4.69, 9.17) is 23.2 Å². The molecular weight excluding hydrogens is 473 g/mol. The van der Waals surface area contributed by atoms with Crippen molar-refractivity contribution in [1.29, 1.82) is 0 Å². The molecule has 0 unspecified atom stereocenters. The summed E-state index contributed by atoms with van der Waals surface area (Å²) < 4.78 is 26.0. The van der Waals surface area contributed by atoms with E-state index in [0.29, 0.717) is 6.42 Å². The molecule has 0 bridgehead atoms. The molecule has 0 aliphatic carbocycles. The Bertz CT molecular complexity index is 1090. The van der Waals surface area contributed by atoms with Crippen molar-refractivity contribution < 1.29 is 18.0 Å².